The summed E-state index contributed by atoms with van der Waals surface area (Å²) in [6.45, 7) is 20.7. The van der Waals surface area contributed by atoms with Crippen LogP contribution in [0, 0.1) is 27.7 Å². The van der Waals surface area contributed by atoms with Crippen LogP contribution < -0.4 is 9.80 Å². The Hall–Kier alpha value is -7.16. The average molecular weight is 857 g/mol. The van der Waals surface area contributed by atoms with Gasteiger partial charge in [0.1, 0.15) is 0 Å². The largest absolute Gasteiger partial charge is 0.309 e. The van der Waals surface area contributed by atoms with Crippen LogP contribution in [0.4, 0.5) is 34.1 Å². The first-order valence-corrected chi connectivity index (χ1v) is 23.8. The van der Waals surface area contributed by atoms with Crippen LogP contribution in [-0.2, 0) is 18.3 Å². The van der Waals surface area contributed by atoms with Crippen LogP contribution in [0.3, 0.4) is 0 Å². The molecule has 2 heteroatoms. The van der Waals surface area contributed by atoms with Crippen LogP contribution >= 0.6 is 0 Å². The fraction of sp³-hybridized carbons (Fsp3) is 0.188. The molecule has 0 bridgehead atoms. The standard InChI is InChI=1S/C64H60N2/c1-10-45-20-18-26-52(36-45)65(62-41(3)28-32-54(43(62)5)47-22-14-12-15-23-47)58-40-59(57-35-31-50-39-51(64(7,8)9)38-49-30-34-56(58)61(57)60(49)50)66(53-27-19-21-46(11-2)37-53)63-42(4)29-33-55(44(63)6)48-24-16-13-17-25-48/h12-40H,10-11H2,1-9H3. The summed E-state index contributed by atoms with van der Waals surface area (Å²) < 4.78 is 0. The third-order valence-electron chi connectivity index (χ3n) is 14.1. The Morgan fingerprint density at radius 1 is 0.409 bits per heavy atom. The van der Waals surface area contributed by atoms with Gasteiger partial charge in [0.15, 0.2) is 0 Å². The molecule has 10 rings (SSSR count). The summed E-state index contributed by atoms with van der Waals surface area (Å²) >= 11 is 0. The zero-order valence-electron chi connectivity index (χ0n) is 40.1. The van der Waals surface area contributed by atoms with Crippen molar-refractivity contribution in [2.45, 2.75) is 80.6 Å². The second-order valence-corrected chi connectivity index (χ2v) is 19.3. The van der Waals surface area contributed by atoms with E-state index in [-0.39, 0.29) is 5.41 Å². The van der Waals surface area contributed by atoms with Crippen molar-refractivity contribution in [2.75, 3.05) is 9.80 Å². The minimum atomic E-state index is 0.000603. The van der Waals surface area contributed by atoms with E-state index in [9.17, 15) is 0 Å². The maximum absolute atomic E-state index is 2.59. The number of hydrogen-bond acceptors (Lipinski definition) is 2. The predicted molar refractivity (Wildman–Crippen MR) is 287 cm³/mol. The highest BCUT2D eigenvalue weighted by atomic mass is 15.2. The number of anilines is 6. The van der Waals surface area contributed by atoms with Gasteiger partial charge in [0, 0.05) is 27.5 Å². The molecule has 0 N–H and O–H groups in total. The molecule has 0 aliphatic heterocycles. The molecule has 10 aromatic carbocycles. The van der Waals surface area contributed by atoms with Gasteiger partial charge in [-0.15, -0.1) is 0 Å². The quantitative estimate of drug-likeness (QED) is 0.126. The molecule has 0 aromatic heterocycles. The molecule has 0 atom stereocenters. The van der Waals surface area contributed by atoms with Crippen molar-refractivity contribution in [1.82, 2.24) is 0 Å². The maximum atomic E-state index is 2.59. The molecule has 0 amide bonds. The lowest BCUT2D eigenvalue weighted by atomic mass is 9.83. The van der Waals surface area contributed by atoms with E-state index in [4.69, 9.17) is 0 Å². The van der Waals surface area contributed by atoms with E-state index in [1.54, 1.807) is 0 Å². The van der Waals surface area contributed by atoms with Crippen molar-refractivity contribution in [3.8, 4) is 22.3 Å². The summed E-state index contributed by atoms with van der Waals surface area (Å²) in [7, 11) is 0. The molecule has 326 valence electrons. The minimum absolute atomic E-state index is 0.000603. The molecule has 0 aliphatic carbocycles. The fourth-order valence-corrected chi connectivity index (χ4v) is 10.5. The van der Waals surface area contributed by atoms with Gasteiger partial charge in [0.25, 0.3) is 0 Å². The molecule has 0 unspecified atom stereocenters. The zero-order chi connectivity index (χ0) is 45.9. The van der Waals surface area contributed by atoms with Gasteiger partial charge in [0.05, 0.1) is 22.7 Å². The van der Waals surface area contributed by atoms with E-state index >= 15 is 0 Å². The molecular formula is C64H60N2. The molecular weight excluding hydrogens is 797 g/mol. The smallest absolute Gasteiger partial charge is 0.0561 e. The van der Waals surface area contributed by atoms with Gasteiger partial charge in [-0.2, -0.15) is 0 Å². The molecule has 10 aromatic rings. The highest BCUT2D eigenvalue weighted by Crippen LogP contribution is 2.53. The summed E-state index contributed by atoms with van der Waals surface area (Å²) in [5.74, 6) is 0. The third kappa shape index (κ3) is 7.39. The Morgan fingerprint density at radius 2 is 0.848 bits per heavy atom. The second-order valence-electron chi connectivity index (χ2n) is 19.3. The number of rotatable bonds is 10. The second kappa shape index (κ2) is 17.0. The van der Waals surface area contributed by atoms with Crippen LogP contribution in [0.5, 0.6) is 0 Å². The van der Waals surface area contributed by atoms with E-state index in [1.165, 1.54) is 105 Å². The first kappa shape index (κ1) is 42.8. The van der Waals surface area contributed by atoms with Crippen molar-refractivity contribution >= 4 is 66.4 Å². The molecule has 0 radical (unpaired) electrons. The summed E-state index contributed by atoms with van der Waals surface area (Å²) in [5, 5.41) is 7.60. The molecule has 0 spiro atoms. The number of nitrogens with zero attached hydrogens (tertiary/aromatic N) is 2. The topological polar surface area (TPSA) is 6.48 Å². The first-order valence-electron chi connectivity index (χ1n) is 23.8. The lowest BCUT2D eigenvalue weighted by Gasteiger charge is -2.35. The summed E-state index contributed by atoms with van der Waals surface area (Å²) in [6.07, 6.45) is 1.89. The van der Waals surface area contributed by atoms with Gasteiger partial charge >= 0.3 is 0 Å². The van der Waals surface area contributed by atoms with Gasteiger partial charge in [-0.05, 0) is 154 Å². The molecule has 0 saturated heterocycles. The average Bonchev–Trinajstić information content (AvgIpc) is 3.33. The van der Waals surface area contributed by atoms with Crippen molar-refractivity contribution in [1.29, 1.82) is 0 Å². The maximum Gasteiger partial charge on any atom is 0.0561 e. The molecule has 0 saturated carbocycles. The van der Waals surface area contributed by atoms with E-state index in [2.05, 4.69) is 248 Å². The van der Waals surface area contributed by atoms with Gasteiger partial charge in [0.2, 0.25) is 0 Å². The van der Waals surface area contributed by atoms with E-state index in [0.29, 0.717) is 0 Å². The highest BCUT2D eigenvalue weighted by molar-refractivity contribution is 6.29. The number of hydrogen-bond donors (Lipinski definition) is 0. The van der Waals surface area contributed by atoms with E-state index in [1.807, 2.05) is 0 Å². The Kier molecular flexibility index (Phi) is 11.0. The minimum Gasteiger partial charge on any atom is -0.309 e. The fourth-order valence-electron chi connectivity index (χ4n) is 10.5. The molecule has 66 heavy (non-hydrogen) atoms. The number of aryl methyl sites for hydroxylation is 4. The van der Waals surface area contributed by atoms with Crippen molar-refractivity contribution in [3.05, 3.63) is 215 Å². The Bertz CT molecular complexity index is 3190. The first-order chi connectivity index (χ1) is 31.9. The lowest BCUT2D eigenvalue weighted by molar-refractivity contribution is 0.591. The van der Waals surface area contributed by atoms with Crippen LogP contribution in [0.25, 0.3) is 54.6 Å². The lowest BCUT2D eigenvalue weighted by Crippen LogP contribution is -2.18. The van der Waals surface area contributed by atoms with Crippen LogP contribution in [0.1, 0.15) is 73.6 Å². The van der Waals surface area contributed by atoms with Crippen LogP contribution in [0.15, 0.2) is 176 Å². The molecule has 0 fully saturated rings. The van der Waals surface area contributed by atoms with Crippen molar-refractivity contribution < 1.29 is 0 Å². The van der Waals surface area contributed by atoms with Gasteiger partial charge < -0.3 is 9.80 Å². The molecule has 0 aliphatic rings. The van der Waals surface area contributed by atoms with Gasteiger partial charge in [-0.3, -0.25) is 0 Å². The molecule has 2 nitrogen and oxygen atoms in total. The monoisotopic (exact) mass is 856 g/mol. The van der Waals surface area contributed by atoms with Gasteiger partial charge in [-0.1, -0.05) is 180 Å². The van der Waals surface area contributed by atoms with Crippen LogP contribution in [-0.4, -0.2) is 0 Å². The summed E-state index contributed by atoms with van der Waals surface area (Å²) in [5.41, 5.74) is 20.9. The van der Waals surface area contributed by atoms with E-state index in [0.717, 1.165) is 35.6 Å². The Labute approximate surface area is 392 Å². The highest BCUT2D eigenvalue weighted by Gasteiger charge is 2.29. The van der Waals surface area contributed by atoms with Crippen molar-refractivity contribution in [3.63, 3.8) is 0 Å². The third-order valence-corrected chi connectivity index (χ3v) is 14.1. The normalized spacial score (nSPS) is 11.8. The number of benzene rings is 10. The van der Waals surface area contributed by atoms with Gasteiger partial charge in [-0.25, -0.2) is 0 Å². The Balaban J connectivity index is 1.39. The summed E-state index contributed by atoms with van der Waals surface area (Å²) in [4.78, 5) is 5.18. The van der Waals surface area contributed by atoms with Crippen LogP contribution in [0.2, 0.25) is 0 Å². The Morgan fingerprint density at radius 3 is 1.26 bits per heavy atom. The van der Waals surface area contributed by atoms with E-state index < -0.39 is 0 Å². The molecule has 0 heterocycles. The zero-order valence-corrected chi connectivity index (χ0v) is 40.1. The predicted octanol–water partition coefficient (Wildman–Crippen LogP) is 18.5. The summed E-state index contributed by atoms with van der Waals surface area (Å²) in [6, 6.07) is 66.4. The SMILES string of the molecule is CCc1cccc(N(c2c(C)ccc(-c3ccccc3)c2C)c2cc(N(c3cccc(CC)c3)c3c(C)ccc(-c4ccccc4)c3C)c3ccc4cc(C(C)(C)C)cc5ccc2c3c54)c1. The van der Waals surface area contributed by atoms with Crippen molar-refractivity contribution in [2.24, 2.45) is 0 Å².